The lowest BCUT2D eigenvalue weighted by Crippen LogP contribution is -2.51. The van der Waals surface area contributed by atoms with E-state index in [-0.39, 0.29) is 18.1 Å². The Balaban J connectivity index is 1.42. The molecule has 138 valence electrons. The lowest BCUT2D eigenvalue weighted by molar-refractivity contribution is -0.132. The summed E-state index contributed by atoms with van der Waals surface area (Å²) >= 11 is 0. The maximum absolute atomic E-state index is 13.7. The highest BCUT2D eigenvalue weighted by atomic mass is 19.1. The number of rotatable bonds is 5. The Hall–Kier alpha value is -1.46. The molecule has 0 radical (unpaired) electrons. The number of hydrogen-bond donors (Lipinski definition) is 0. The summed E-state index contributed by atoms with van der Waals surface area (Å²) in [7, 11) is 0. The summed E-state index contributed by atoms with van der Waals surface area (Å²) in [6.07, 6.45) is 2.77. The fourth-order valence-electron chi connectivity index (χ4n) is 4.08. The third-order valence-electron chi connectivity index (χ3n) is 5.83. The van der Waals surface area contributed by atoms with Crippen molar-refractivity contribution in [2.24, 2.45) is 0 Å². The van der Waals surface area contributed by atoms with Crippen LogP contribution < -0.4 is 0 Å². The second kappa shape index (κ2) is 8.28. The second-order valence-electron chi connectivity index (χ2n) is 7.50. The van der Waals surface area contributed by atoms with Crippen LogP contribution in [0, 0.1) is 5.82 Å². The number of hydrogen-bond acceptors (Lipinski definition) is 3. The van der Waals surface area contributed by atoms with Gasteiger partial charge in [-0.1, -0.05) is 18.2 Å². The lowest BCUT2D eigenvalue weighted by Gasteiger charge is -2.36. The van der Waals surface area contributed by atoms with E-state index in [2.05, 4.69) is 23.6 Å². The van der Waals surface area contributed by atoms with Gasteiger partial charge in [-0.3, -0.25) is 14.6 Å². The molecule has 0 saturated carbocycles. The first-order chi connectivity index (χ1) is 12.0. The number of carbonyl (C=O) groups excluding carboxylic acids is 1. The van der Waals surface area contributed by atoms with Crippen LogP contribution in [0.3, 0.4) is 0 Å². The van der Waals surface area contributed by atoms with E-state index in [1.807, 2.05) is 4.90 Å². The van der Waals surface area contributed by atoms with Crippen LogP contribution in [-0.2, 0) is 11.2 Å². The molecule has 5 heteroatoms. The highest BCUT2D eigenvalue weighted by Crippen LogP contribution is 2.22. The zero-order valence-electron chi connectivity index (χ0n) is 15.5. The summed E-state index contributed by atoms with van der Waals surface area (Å²) in [6, 6.07) is 7.94. The predicted octanol–water partition coefficient (Wildman–Crippen LogP) is 2.39. The molecule has 0 aliphatic carbocycles. The van der Waals surface area contributed by atoms with Gasteiger partial charge in [-0.2, -0.15) is 0 Å². The van der Waals surface area contributed by atoms with Crippen molar-refractivity contribution in [1.82, 2.24) is 14.7 Å². The number of halogens is 1. The number of benzene rings is 1. The summed E-state index contributed by atoms with van der Waals surface area (Å²) in [4.78, 5) is 19.3. The van der Waals surface area contributed by atoms with Crippen molar-refractivity contribution in [3.8, 4) is 0 Å². The Labute approximate surface area is 150 Å². The Morgan fingerprint density at radius 1 is 1.04 bits per heavy atom. The highest BCUT2D eigenvalue weighted by molar-refractivity contribution is 5.79. The molecule has 0 N–H and O–H groups in total. The molecule has 2 saturated heterocycles. The van der Waals surface area contributed by atoms with Gasteiger partial charge in [0.05, 0.1) is 6.42 Å². The SMILES string of the molecule is C[C@@H]1CC[C@@H](C)N1CCN1CCN(C(=O)Cc2ccccc2F)CC1. The Bertz CT molecular complexity index is 576. The minimum absolute atomic E-state index is 0.0338. The van der Waals surface area contributed by atoms with Gasteiger partial charge in [-0.25, -0.2) is 4.39 Å². The third-order valence-corrected chi connectivity index (χ3v) is 5.83. The molecule has 25 heavy (non-hydrogen) atoms. The zero-order chi connectivity index (χ0) is 17.8. The Morgan fingerprint density at radius 2 is 1.68 bits per heavy atom. The first-order valence-electron chi connectivity index (χ1n) is 9.54. The largest absolute Gasteiger partial charge is 0.340 e. The molecule has 1 aromatic carbocycles. The molecule has 2 atom stereocenters. The highest BCUT2D eigenvalue weighted by Gasteiger charge is 2.28. The van der Waals surface area contributed by atoms with Crippen molar-refractivity contribution in [2.75, 3.05) is 39.3 Å². The van der Waals surface area contributed by atoms with E-state index >= 15 is 0 Å². The van der Waals surface area contributed by atoms with Gasteiger partial charge in [-0.15, -0.1) is 0 Å². The lowest BCUT2D eigenvalue weighted by atomic mass is 10.1. The van der Waals surface area contributed by atoms with Crippen molar-refractivity contribution in [1.29, 1.82) is 0 Å². The number of amides is 1. The smallest absolute Gasteiger partial charge is 0.227 e. The summed E-state index contributed by atoms with van der Waals surface area (Å²) in [5.74, 6) is -0.255. The molecule has 0 spiro atoms. The first-order valence-corrected chi connectivity index (χ1v) is 9.54. The van der Waals surface area contributed by atoms with Crippen LogP contribution in [0.15, 0.2) is 24.3 Å². The Morgan fingerprint density at radius 3 is 2.32 bits per heavy atom. The fraction of sp³-hybridized carbons (Fsp3) is 0.650. The summed E-state index contributed by atoms with van der Waals surface area (Å²) < 4.78 is 13.7. The van der Waals surface area contributed by atoms with E-state index in [9.17, 15) is 9.18 Å². The van der Waals surface area contributed by atoms with E-state index in [1.54, 1.807) is 18.2 Å². The van der Waals surface area contributed by atoms with Gasteiger partial charge in [0, 0.05) is 51.4 Å². The summed E-state index contributed by atoms with van der Waals surface area (Å²) in [5.41, 5.74) is 0.493. The Kier molecular flexibility index (Phi) is 6.07. The minimum Gasteiger partial charge on any atom is -0.340 e. The van der Waals surface area contributed by atoms with Crippen LogP contribution in [0.2, 0.25) is 0 Å². The standard InChI is InChI=1S/C20H30FN3O/c1-16-7-8-17(2)24(16)14-11-22-9-12-23(13-10-22)20(25)15-18-5-3-4-6-19(18)21/h3-6,16-17H,7-15H2,1-2H3/t16-,17-/m1/s1. The molecule has 0 unspecified atom stereocenters. The predicted molar refractivity (Wildman–Crippen MR) is 98.0 cm³/mol. The molecule has 2 fully saturated rings. The van der Waals surface area contributed by atoms with E-state index in [0.29, 0.717) is 17.6 Å². The molecule has 0 bridgehead atoms. The molecule has 1 amide bonds. The minimum atomic E-state index is -0.289. The zero-order valence-corrected chi connectivity index (χ0v) is 15.5. The van der Waals surface area contributed by atoms with Gasteiger partial charge in [0.25, 0.3) is 0 Å². The number of piperazine rings is 1. The molecular formula is C20H30FN3O. The summed E-state index contributed by atoms with van der Waals surface area (Å²) in [5, 5.41) is 0. The average Bonchev–Trinajstić information content (AvgIpc) is 2.93. The van der Waals surface area contributed by atoms with E-state index in [4.69, 9.17) is 0 Å². The molecule has 2 aliphatic rings. The van der Waals surface area contributed by atoms with Crippen LogP contribution in [0.4, 0.5) is 4.39 Å². The van der Waals surface area contributed by atoms with Gasteiger partial charge < -0.3 is 4.90 Å². The van der Waals surface area contributed by atoms with Gasteiger partial charge in [0.1, 0.15) is 5.82 Å². The van der Waals surface area contributed by atoms with Crippen molar-refractivity contribution in [2.45, 2.75) is 45.2 Å². The topological polar surface area (TPSA) is 26.8 Å². The van der Waals surface area contributed by atoms with Gasteiger partial charge in [-0.05, 0) is 38.3 Å². The monoisotopic (exact) mass is 347 g/mol. The summed E-state index contributed by atoms with van der Waals surface area (Å²) in [6.45, 7) is 10.2. The number of likely N-dealkylation sites (tertiary alicyclic amines) is 1. The maximum atomic E-state index is 13.7. The maximum Gasteiger partial charge on any atom is 0.227 e. The molecule has 0 aromatic heterocycles. The molecule has 4 nitrogen and oxygen atoms in total. The van der Waals surface area contributed by atoms with Crippen LogP contribution in [0.25, 0.3) is 0 Å². The number of carbonyl (C=O) groups is 1. The average molecular weight is 347 g/mol. The molecular weight excluding hydrogens is 317 g/mol. The van der Waals surface area contributed by atoms with E-state index in [1.165, 1.54) is 18.9 Å². The molecule has 2 aliphatic heterocycles. The van der Waals surface area contributed by atoms with Crippen molar-refractivity contribution in [3.63, 3.8) is 0 Å². The van der Waals surface area contributed by atoms with Crippen LogP contribution >= 0.6 is 0 Å². The quantitative estimate of drug-likeness (QED) is 0.818. The van der Waals surface area contributed by atoms with Crippen molar-refractivity contribution < 1.29 is 9.18 Å². The second-order valence-corrected chi connectivity index (χ2v) is 7.50. The first kappa shape index (κ1) is 18.3. The van der Waals surface area contributed by atoms with Gasteiger partial charge in [0.2, 0.25) is 5.91 Å². The molecule has 2 heterocycles. The fourth-order valence-corrected chi connectivity index (χ4v) is 4.08. The molecule has 3 rings (SSSR count). The van der Waals surface area contributed by atoms with Crippen molar-refractivity contribution in [3.05, 3.63) is 35.6 Å². The van der Waals surface area contributed by atoms with E-state index in [0.717, 1.165) is 39.3 Å². The normalized spacial score (nSPS) is 25.5. The van der Waals surface area contributed by atoms with Gasteiger partial charge in [0.15, 0.2) is 0 Å². The van der Waals surface area contributed by atoms with Crippen molar-refractivity contribution >= 4 is 5.91 Å². The van der Waals surface area contributed by atoms with Crippen LogP contribution in [0.5, 0.6) is 0 Å². The van der Waals surface area contributed by atoms with Crippen LogP contribution in [0.1, 0.15) is 32.3 Å². The van der Waals surface area contributed by atoms with E-state index < -0.39 is 0 Å². The van der Waals surface area contributed by atoms with Crippen LogP contribution in [-0.4, -0.2) is 72.0 Å². The van der Waals surface area contributed by atoms with Gasteiger partial charge >= 0.3 is 0 Å². The third kappa shape index (κ3) is 4.59. The molecule has 1 aromatic rings. The number of nitrogens with zero attached hydrogens (tertiary/aromatic N) is 3.